The molecule has 0 aliphatic heterocycles. The average Bonchev–Trinajstić information content (AvgIpc) is 2.97. The monoisotopic (exact) mass is 600 g/mol. The molecule has 1 fully saturated rings. The molecule has 6 N–H and O–H groups in total. The second kappa shape index (κ2) is 11.5. The van der Waals surface area contributed by atoms with Crippen molar-refractivity contribution in [2.24, 2.45) is 17.6 Å². The first-order valence-electron chi connectivity index (χ1n) is 14.5. The molecule has 0 saturated heterocycles. The fraction of sp³-hybridized carbons (Fsp3) is 0.382. The summed E-state index contributed by atoms with van der Waals surface area (Å²) in [6.45, 7) is 0. The third-order valence-electron chi connectivity index (χ3n) is 9.19. The van der Waals surface area contributed by atoms with Crippen molar-refractivity contribution < 1.29 is 39.5 Å². The molecule has 230 valence electrons. The molecule has 10 nitrogen and oxygen atoms in total. The van der Waals surface area contributed by atoms with Crippen molar-refractivity contribution >= 4 is 23.2 Å². The second-order valence-electron chi connectivity index (χ2n) is 11.9. The van der Waals surface area contributed by atoms with E-state index in [1.54, 1.807) is 27.3 Å². The first kappa shape index (κ1) is 30.9. The number of aliphatic hydroxyl groups is 3. The third kappa shape index (κ3) is 4.64. The minimum absolute atomic E-state index is 0.00715. The van der Waals surface area contributed by atoms with Crippen LogP contribution in [0.15, 0.2) is 47.2 Å². The highest BCUT2D eigenvalue weighted by Crippen LogP contribution is 2.54. The van der Waals surface area contributed by atoms with E-state index in [0.29, 0.717) is 23.3 Å². The summed E-state index contributed by atoms with van der Waals surface area (Å²) >= 11 is 0. The number of amides is 1. The van der Waals surface area contributed by atoms with Gasteiger partial charge in [0.1, 0.15) is 28.6 Å². The van der Waals surface area contributed by atoms with E-state index in [0.717, 1.165) is 30.4 Å². The van der Waals surface area contributed by atoms with E-state index in [9.17, 15) is 34.8 Å². The summed E-state index contributed by atoms with van der Waals surface area (Å²) in [4.78, 5) is 41.1. The Labute approximate surface area is 255 Å². The fourth-order valence-corrected chi connectivity index (χ4v) is 7.17. The van der Waals surface area contributed by atoms with Gasteiger partial charge in [-0.05, 0) is 87.0 Å². The van der Waals surface area contributed by atoms with E-state index >= 15 is 0 Å². The van der Waals surface area contributed by atoms with Crippen LogP contribution >= 0.6 is 0 Å². The van der Waals surface area contributed by atoms with Crippen LogP contribution in [-0.2, 0) is 27.2 Å². The van der Waals surface area contributed by atoms with Gasteiger partial charge < -0.3 is 30.9 Å². The summed E-state index contributed by atoms with van der Waals surface area (Å²) in [7, 11) is 4.68. The molecule has 4 atom stereocenters. The number of fused-ring (bicyclic) bond motifs is 3. The van der Waals surface area contributed by atoms with Crippen molar-refractivity contribution in [1.29, 1.82) is 0 Å². The number of ether oxygens (including phenoxy) is 1. The molecule has 0 bridgehead atoms. The van der Waals surface area contributed by atoms with Crippen LogP contribution in [0.3, 0.4) is 0 Å². The van der Waals surface area contributed by atoms with Gasteiger partial charge in [-0.15, -0.1) is 12.3 Å². The quantitative estimate of drug-likeness (QED) is 0.174. The molecule has 44 heavy (non-hydrogen) atoms. The van der Waals surface area contributed by atoms with Crippen molar-refractivity contribution in [2.75, 3.05) is 21.2 Å². The number of rotatable bonds is 8. The molecule has 3 aliphatic carbocycles. The van der Waals surface area contributed by atoms with Gasteiger partial charge >= 0.3 is 0 Å². The molecule has 10 heteroatoms. The molecule has 3 aliphatic rings. The molecule has 2 aromatic rings. The lowest BCUT2D eigenvalue weighted by Gasteiger charge is -2.50. The zero-order valence-corrected chi connectivity index (χ0v) is 24.9. The summed E-state index contributed by atoms with van der Waals surface area (Å²) < 4.78 is 5.68. The first-order valence-corrected chi connectivity index (χ1v) is 14.5. The first-order chi connectivity index (χ1) is 20.9. The number of ketones is 2. The number of hydrogen-bond acceptors (Lipinski definition) is 9. The summed E-state index contributed by atoms with van der Waals surface area (Å²) in [5.41, 5.74) is 4.73. The average molecular weight is 601 g/mol. The van der Waals surface area contributed by atoms with E-state index in [1.807, 2.05) is 18.2 Å². The normalized spacial score (nSPS) is 24.5. The summed E-state index contributed by atoms with van der Waals surface area (Å²) in [6.07, 6.45) is 8.84. The molecule has 0 radical (unpaired) electrons. The molecular weight excluding hydrogens is 564 g/mol. The number of likely N-dealkylation sites (N-methyl/N-ethyl adjacent to an activating group) is 1. The Balaban J connectivity index is 1.67. The van der Waals surface area contributed by atoms with Gasteiger partial charge in [0.15, 0.2) is 11.4 Å². The van der Waals surface area contributed by atoms with Crippen LogP contribution in [0, 0.1) is 24.2 Å². The van der Waals surface area contributed by atoms with Crippen molar-refractivity contribution in [3.63, 3.8) is 0 Å². The maximum absolute atomic E-state index is 14.1. The number of aromatic hydroxyl groups is 1. The number of terminal acetylenes is 1. The number of carbonyl (C=O) groups is 3. The number of Topliss-reactive ketones (excluding diaryl/α,β-unsaturated/α-hetero) is 2. The van der Waals surface area contributed by atoms with Crippen LogP contribution in [0.4, 0.5) is 0 Å². The maximum atomic E-state index is 14.1. The van der Waals surface area contributed by atoms with Gasteiger partial charge in [0, 0.05) is 23.5 Å². The van der Waals surface area contributed by atoms with Crippen LogP contribution in [0.5, 0.6) is 11.5 Å². The highest BCUT2D eigenvalue weighted by molar-refractivity contribution is 6.24. The number of methoxy groups -OCH3 is 1. The van der Waals surface area contributed by atoms with E-state index < -0.39 is 58.0 Å². The van der Waals surface area contributed by atoms with Gasteiger partial charge in [0.25, 0.3) is 5.91 Å². The highest BCUT2D eigenvalue weighted by Gasteiger charge is 2.64. The second-order valence-corrected chi connectivity index (χ2v) is 11.9. The van der Waals surface area contributed by atoms with Gasteiger partial charge in [-0.3, -0.25) is 19.3 Å². The van der Waals surface area contributed by atoms with Crippen LogP contribution < -0.4 is 10.5 Å². The molecular formula is C34H36N2O8. The van der Waals surface area contributed by atoms with Gasteiger partial charge in [-0.2, -0.15) is 0 Å². The molecule has 0 unspecified atom stereocenters. The van der Waals surface area contributed by atoms with Crippen molar-refractivity contribution in [2.45, 2.75) is 50.2 Å². The molecule has 1 saturated carbocycles. The Bertz CT molecular complexity index is 1680. The van der Waals surface area contributed by atoms with E-state index in [1.165, 1.54) is 11.0 Å². The Morgan fingerprint density at radius 2 is 1.86 bits per heavy atom. The van der Waals surface area contributed by atoms with E-state index in [4.69, 9.17) is 16.9 Å². The predicted molar refractivity (Wildman–Crippen MR) is 163 cm³/mol. The number of benzene rings is 2. The highest BCUT2D eigenvalue weighted by atomic mass is 16.5. The van der Waals surface area contributed by atoms with Crippen LogP contribution in [0.2, 0.25) is 0 Å². The molecule has 5 rings (SSSR count). The summed E-state index contributed by atoms with van der Waals surface area (Å²) in [6, 6.07) is 7.83. The Hall–Kier alpha value is -4.59. The van der Waals surface area contributed by atoms with E-state index in [-0.39, 0.29) is 29.7 Å². The number of aryl methyl sites for hydroxylation is 1. The number of hydrogen-bond donors (Lipinski definition) is 5. The van der Waals surface area contributed by atoms with Gasteiger partial charge in [-0.1, -0.05) is 12.1 Å². The van der Waals surface area contributed by atoms with Gasteiger partial charge in [0.05, 0.1) is 18.7 Å². The van der Waals surface area contributed by atoms with Gasteiger partial charge in [-0.25, -0.2) is 0 Å². The number of carbonyl (C=O) groups excluding carboxylic acids is 3. The molecule has 0 aromatic heterocycles. The fourth-order valence-electron chi connectivity index (χ4n) is 7.17. The largest absolute Gasteiger partial charge is 0.508 e. The lowest BCUT2D eigenvalue weighted by atomic mass is 9.57. The van der Waals surface area contributed by atoms with Crippen LogP contribution in [-0.4, -0.2) is 75.6 Å². The Morgan fingerprint density at radius 3 is 2.50 bits per heavy atom. The zero-order valence-electron chi connectivity index (χ0n) is 24.9. The minimum atomic E-state index is -2.69. The number of unbranched alkanes of at least 4 members (excludes halogenated alkanes) is 2. The Kier molecular flexibility index (Phi) is 8.05. The predicted octanol–water partition coefficient (Wildman–Crippen LogP) is 2.99. The number of primary amides is 1. The van der Waals surface area contributed by atoms with Crippen molar-refractivity contribution in [3.8, 4) is 35.0 Å². The molecule has 0 spiro atoms. The van der Waals surface area contributed by atoms with Crippen LogP contribution in [0.1, 0.15) is 42.4 Å². The van der Waals surface area contributed by atoms with Crippen molar-refractivity contribution in [3.05, 3.63) is 63.9 Å². The lowest BCUT2D eigenvalue weighted by molar-refractivity contribution is -0.153. The summed E-state index contributed by atoms with van der Waals surface area (Å²) in [5, 5.41) is 45.4. The lowest BCUT2D eigenvalue weighted by Crippen LogP contribution is -2.65. The third-order valence-corrected chi connectivity index (χ3v) is 9.19. The number of phenols is 1. The standard InChI is InChI=1S/C34H36N2O8/c1-5-6-7-8-9-17-10-13-24(44-4)20(14-17)19-11-12-23(37)26-21(19)15-18-16-22-28(36(2)3)30(39)27(33(35)42)32(41)34(22,43)31(40)25(18)29(26)38/h1,10-14,18,22,28,37-38,41,43H,6-9,15-16H2,2-4H3,(H2,35,42)/t18-,22-,28-,34-/m1/s1. The Morgan fingerprint density at radius 1 is 1.14 bits per heavy atom. The van der Waals surface area contributed by atoms with Crippen LogP contribution in [0.25, 0.3) is 16.9 Å². The topological polar surface area (TPSA) is 171 Å². The molecule has 1 amide bonds. The number of phenolic OH excluding ortho intramolecular Hbond substituents is 1. The molecule has 2 aromatic carbocycles. The SMILES string of the molecule is C#CCCCCc1ccc(OC)c(-c2ccc(O)c3c2C[C@@H]2C[C@@H]4[C@@H](N(C)C)C(=O)C(C(N)=O)=C(O)[C@]4(O)C(=O)C2=C3O)c1. The van der Waals surface area contributed by atoms with Crippen molar-refractivity contribution in [1.82, 2.24) is 4.90 Å². The van der Waals surface area contributed by atoms with Gasteiger partial charge in [0.2, 0.25) is 5.78 Å². The maximum Gasteiger partial charge on any atom is 0.255 e. The van der Waals surface area contributed by atoms with E-state index in [2.05, 4.69) is 5.92 Å². The number of aliphatic hydroxyl groups excluding tert-OH is 2. The zero-order chi connectivity index (χ0) is 32.1. The number of nitrogens with two attached hydrogens (primary N) is 1. The molecule has 0 heterocycles. The number of nitrogens with zero attached hydrogens (tertiary/aromatic N) is 1. The summed E-state index contributed by atoms with van der Waals surface area (Å²) in [5.74, 6) is -3.65. The smallest absolute Gasteiger partial charge is 0.255 e. The minimum Gasteiger partial charge on any atom is -0.508 e.